The molecule has 0 aliphatic rings. The van der Waals surface area contributed by atoms with Gasteiger partial charge in [-0.3, -0.25) is 19.8 Å². The van der Waals surface area contributed by atoms with Crippen LogP contribution in [-0.4, -0.2) is 19.7 Å². The van der Waals surface area contributed by atoms with E-state index in [2.05, 4.69) is 10.2 Å². The van der Waals surface area contributed by atoms with Gasteiger partial charge in [-0.05, 0) is 36.8 Å². The topological polar surface area (TPSA) is 76.8 Å². The quantitative estimate of drug-likeness (QED) is 0.431. The van der Waals surface area contributed by atoms with Crippen molar-refractivity contribution < 1.29 is 4.92 Å². The van der Waals surface area contributed by atoms with Crippen LogP contribution in [0.15, 0.2) is 42.5 Å². The summed E-state index contributed by atoms with van der Waals surface area (Å²) in [7, 11) is 0. The number of nitro benzene ring substituents is 1. The first-order valence-electron chi connectivity index (χ1n) is 6.67. The van der Waals surface area contributed by atoms with Crippen molar-refractivity contribution in [2.24, 2.45) is 0 Å². The smallest absolute Gasteiger partial charge is 0.268 e. The Balaban J connectivity index is 2.24. The summed E-state index contributed by atoms with van der Waals surface area (Å²) in [6, 6.07) is 11.7. The SMILES string of the molecule is Cc1c(Cl)cccc1-n1c(-c2cccc([N+](=O)[O-])c2)n[nH]c1=S. The molecule has 0 bridgehead atoms. The summed E-state index contributed by atoms with van der Waals surface area (Å²) >= 11 is 11.5. The van der Waals surface area contributed by atoms with Crippen molar-refractivity contribution in [1.29, 1.82) is 0 Å². The van der Waals surface area contributed by atoms with Crippen LogP contribution < -0.4 is 0 Å². The number of rotatable bonds is 3. The third kappa shape index (κ3) is 2.76. The number of non-ortho nitro benzene ring substituents is 1. The van der Waals surface area contributed by atoms with E-state index >= 15 is 0 Å². The van der Waals surface area contributed by atoms with Crippen LogP contribution in [0.2, 0.25) is 5.02 Å². The zero-order chi connectivity index (χ0) is 16.6. The molecule has 0 fully saturated rings. The fourth-order valence-corrected chi connectivity index (χ4v) is 2.71. The lowest BCUT2D eigenvalue weighted by atomic mass is 10.1. The van der Waals surface area contributed by atoms with Crippen LogP contribution in [0.3, 0.4) is 0 Å². The number of hydrogen-bond acceptors (Lipinski definition) is 4. The molecule has 0 radical (unpaired) electrons. The fourth-order valence-electron chi connectivity index (χ4n) is 2.31. The van der Waals surface area contributed by atoms with E-state index in [-0.39, 0.29) is 5.69 Å². The third-order valence-electron chi connectivity index (χ3n) is 3.47. The van der Waals surface area contributed by atoms with Crippen molar-refractivity contribution in [3.8, 4) is 17.1 Å². The van der Waals surface area contributed by atoms with Gasteiger partial charge in [0.2, 0.25) is 0 Å². The highest BCUT2D eigenvalue weighted by molar-refractivity contribution is 7.71. The number of aromatic nitrogens is 3. The Morgan fingerprint density at radius 2 is 2.04 bits per heavy atom. The molecule has 23 heavy (non-hydrogen) atoms. The molecule has 0 aliphatic carbocycles. The molecule has 1 aromatic heterocycles. The second kappa shape index (κ2) is 5.94. The molecule has 3 rings (SSSR count). The molecule has 0 atom stereocenters. The summed E-state index contributed by atoms with van der Waals surface area (Å²) < 4.78 is 2.10. The second-order valence-corrected chi connectivity index (χ2v) is 5.67. The number of hydrogen-bond donors (Lipinski definition) is 1. The minimum absolute atomic E-state index is 0.00853. The second-order valence-electron chi connectivity index (χ2n) is 4.88. The number of nitro groups is 1. The van der Waals surface area contributed by atoms with Crippen molar-refractivity contribution in [2.75, 3.05) is 0 Å². The van der Waals surface area contributed by atoms with Crippen LogP contribution in [0.25, 0.3) is 17.1 Å². The van der Waals surface area contributed by atoms with Gasteiger partial charge in [0.25, 0.3) is 5.69 Å². The van der Waals surface area contributed by atoms with Gasteiger partial charge in [-0.15, -0.1) is 0 Å². The lowest BCUT2D eigenvalue weighted by molar-refractivity contribution is -0.384. The maximum absolute atomic E-state index is 11.0. The Hall–Kier alpha value is -2.51. The van der Waals surface area contributed by atoms with E-state index in [4.69, 9.17) is 23.8 Å². The highest BCUT2D eigenvalue weighted by Crippen LogP contribution is 2.28. The fraction of sp³-hybridized carbons (Fsp3) is 0.0667. The number of halogens is 1. The van der Waals surface area contributed by atoms with Gasteiger partial charge in [0.1, 0.15) is 0 Å². The van der Waals surface area contributed by atoms with E-state index in [1.54, 1.807) is 22.8 Å². The highest BCUT2D eigenvalue weighted by atomic mass is 35.5. The normalized spacial score (nSPS) is 10.7. The van der Waals surface area contributed by atoms with E-state index in [0.717, 1.165) is 11.3 Å². The lowest BCUT2D eigenvalue weighted by Gasteiger charge is -2.11. The monoisotopic (exact) mass is 346 g/mol. The van der Waals surface area contributed by atoms with E-state index in [1.165, 1.54) is 12.1 Å². The summed E-state index contributed by atoms with van der Waals surface area (Å²) in [5, 5.41) is 18.5. The van der Waals surface area contributed by atoms with Crippen molar-refractivity contribution in [3.05, 3.63) is 67.9 Å². The van der Waals surface area contributed by atoms with Gasteiger partial charge < -0.3 is 0 Å². The van der Waals surface area contributed by atoms with Crippen LogP contribution in [0.5, 0.6) is 0 Å². The molecule has 0 saturated heterocycles. The number of benzene rings is 2. The van der Waals surface area contributed by atoms with Crippen LogP contribution >= 0.6 is 23.8 Å². The number of nitrogens with zero attached hydrogens (tertiary/aromatic N) is 3. The summed E-state index contributed by atoms with van der Waals surface area (Å²) in [5.74, 6) is 0.490. The first-order chi connectivity index (χ1) is 11.0. The molecule has 8 heteroatoms. The van der Waals surface area contributed by atoms with Gasteiger partial charge >= 0.3 is 0 Å². The number of aromatic amines is 1. The molecule has 0 amide bonds. The summed E-state index contributed by atoms with van der Waals surface area (Å²) in [6.07, 6.45) is 0. The Labute approximate surface area is 141 Å². The number of H-pyrrole nitrogens is 1. The largest absolute Gasteiger partial charge is 0.270 e. The van der Waals surface area contributed by atoms with Crippen molar-refractivity contribution in [2.45, 2.75) is 6.92 Å². The molecule has 3 aromatic rings. The Kier molecular flexibility index (Phi) is 3.97. The summed E-state index contributed by atoms with van der Waals surface area (Å²) in [6.45, 7) is 1.88. The third-order valence-corrected chi connectivity index (χ3v) is 4.15. The van der Waals surface area contributed by atoms with Crippen molar-refractivity contribution >= 4 is 29.5 Å². The number of nitrogens with one attached hydrogen (secondary N) is 1. The van der Waals surface area contributed by atoms with Crippen molar-refractivity contribution in [3.63, 3.8) is 0 Å². The maximum Gasteiger partial charge on any atom is 0.270 e. The van der Waals surface area contributed by atoms with Crippen LogP contribution in [0, 0.1) is 21.8 Å². The van der Waals surface area contributed by atoms with Gasteiger partial charge in [-0.1, -0.05) is 29.8 Å². The van der Waals surface area contributed by atoms with Crippen molar-refractivity contribution in [1.82, 2.24) is 14.8 Å². The molecule has 6 nitrogen and oxygen atoms in total. The Bertz CT molecular complexity index is 964. The van der Waals surface area contributed by atoms with Crippen LogP contribution in [-0.2, 0) is 0 Å². The minimum Gasteiger partial charge on any atom is -0.268 e. The van der Waals surface area contributed by atoms with E-state index in [1.807, 2.05) is 19.1 Å². The Morgan fingerprint density at radius 1 is 1.30 bits per heavy atom. The molecule has 1 heterocycles. The summed E-state index contributed by atoms with van der Waals surface area (Å²) in [4.78, 5) is 10.5. The van der Waals surface area contributed by atoms with Gasteiger partial charge in [0.15, 0.2) is 10.6 Å². The minimum atomic E-state index is -0.445. The van der Waals surface area contributed by atoms with Crippen LogP contribution in [0.4, 0.5) is 5.69 Å². The Morgan fingerprint density at radius 3 is 2.78 bits per heavy atom. The molecule has 116 valence electrons. The molecular formula is C15H11ClN4O2S. The van der Waals surface area contributed by atoms with E-state index in [0.29, 0.717) is 21.2 Å². The maximum atomic E-state index is 11.0. The predicted octanol–water partition coefficient (Wildman–Crippen LogP) is 4.47. The average molecular weight is 347 g/mol. The zero-order valence-corrected chi connectivity index (χ0v) is 13.6. The molecule has 2 aromatic carbocycles. The zero-order valence-electron chi connectivity index (χ0n) is 12.0. The first-order valence-corrected chi connectivity index (χ1v) is 7.45. The standard InChI is InChI=1S/C15H11ClN4O2S/c1-9-12(16)6-3-7-13(9)19-14(17-18-15(19)23)10-4-2-5-11(8-10)20(21)22/h2-8H,1H3,(H,18,23). The molecule has 0 saturated carbocycles. The molecule has 0 unspecified atom stereocenters. The van der Waals surface area contributed by atoms with E-state index in [9.17, 15) is 10.1 Å². The molecule has 0 aliphatic heterocycles. The lowest BCUT2D eigenvalue weighted by Crippen LogP contribution is -2.01. The van der Waals surface area contributed by atoms with Gasteiger partial charge in [0, 0.05) is 22.7 Å². The van der Waals surface area contributed by atoms with Gasteiger partial charge in [-0.25, -0.2) is 0 Å². The molecular weight excluding hydrogens is 336 g/mol. The summed E-state index contributed by atoms with van der Waals surface area (Å²) in [5.41, 5.74) is 2.20. The van der Waals surface area contributed by atoms with Gasteiger partial charge in [0.05, 0.1) is 10.6 Å². The highest BCUT2D eigenvalue weighted by Gasteiger charge is 2.16. The predicted molar refractivity (Wildman–Crippen MR) is 90.6 cm³/mol. The average Bonchev–Trinajstić information content (AvgIpc) is 2.92. The van der Waals surface area contributed by atoms with E-state index < -0.39 is 4.92 Å². The molecule has 0 spiro atoms. The molecule has 1 N–H and O–H groups in total. The van der Waals surface area contributed by atoms with Crippen LogP contribution in [0.1, 0.15) is 5.56 Å². The van der Waals surface area contributed by atoms with Gasteiger partial charge in [-0.2, -0.15) is 5.10 Å². The first kappa shape index (κ1) is 15.4.